The number of rotatable bonds is 4. The Labute approximate surface area is 96.3 Å². The molecule has 4 heteroatoms. The Bertz CT molecular complexity index is 329. The van der Waals surface area contributed by atoms with E-state index < -0.39 is 0 Å². The van der Waals surface area contributed by atoms with Crippen LogP contribution < -0.4 is 5.32 Å². The summed E-state index contributed by atoms with van der Waals surface area (Å²) in [7, 11) is 1.79. The Balaban J connectivity index is 1.84. The normalized spacial score (nSPS) is 25.2. The Hall–Kier alpha value is -0.870. The standard InChI is InChI=1S/C12H20N2O2/c1-8-12(9(2)16-14-8)7-13-10-4-5-11(6-10)15-3/h10-11,13H,4-7H2,1-3H3. The number of ether oxygens (including phenoxy) is 1. The van der Waals surface area contributed by atoms with Crippen molar-refractivity contribution in [1.29, 1.82) is 0 Å². The van der Waals surface area contributed by atoms with E-state index in [2.05, 4.69) is 10.5 Å². The molecule has 2 unspecified atom stereocenters. The molecule has 0 saturated heterocycles. The lowest BCUT2D eigenvalue weighted by atomic mass is 10.2. The lowest BCUT2D eigenvalue weighted by Gasteiger charge is -2.12. The van der Waals surface area contributed by atoms with Crippen molar-refractivity contribution >= 4 is 0 Å². The number of methoxy groups -OCH3 is 1. The Morgan fingerprint density at radius 1 is 1.44 bits per heavy atom. The van der Waals surface area contributed by atoms with E-state index in [1.54, 1.807) is 7.11 Å². The third-order valence-electron chi connectivity index (χ3n) is 3.47. The first-order valence-electron chi connectivity index (χ1n) is 5.88. The van der Waals surface area contributed by atoms with E-state index in [4.69, 9.17) is 9.26 Å². The molecule has 4 nitrogen and oxygen atoms in total. The molecule has 0 aromatic carbocycles. The monoisotopic (exact) mass is 224 g/mol. The van der Waals surface area contributed by atoms with Gasteiger partial charge in [0.15, 0.2) is 0 Å². The summed E-state index contributed by atoms with van der Waals surface area (Å²) in [6.45, 7) is 4.80. The SMILES string of the molecule is COC1CCC(NCc2c(C)noc2C)C1. The van der Waals surface area contributed by atoms with Crippen LogP contribution in [0, 0.1) is 13.8 Å². The number of hydrogen-bond donors (Lipinski definition) is 1. The number of hydrogen-bond acceptors (Lipinski definition) is 4. The topological polar surface area (TPSA) is 47.3 Å². The summed E-state index contributed by atoms with van der Waals surface area (Å²) < 4.78 is 10.5. The highest BCUT2D eigenvalue weighted by atomic mass is 16.5. The van der Waals surface area contributed by atoms with Crippen molar-refractivity contribution in [1.82, 2.24) is 10.5 Å². The van der Waals surface area contributed by atoms with E-state index in [0.717, 1.165) is 30.8 Å². The van der Waals surface area contributed by atoms with Crippen LogP contribution in [-0.2, 0) is 11.3 Å². The van der Waals surface area contributed by atoms with E-state index in [9.17, 15) is 0 Å². The number of aromatic nitrogens is 1. The van der Waals surface area contributed by atoms with Gasteiger partial charge in [-0.05, 0) is 33.1 Å². The zero-order chi connectivity index (χ0) is 11.5. The molecule has 1 saturated carbocycles. The van der Waals surface area contributed by atoms with E-state index in [1.165, 1.54) is 12.0 Å². The van der Waals surface area contributed by atoms with Crippen LogP contribution in [-0.4, -0.2) is 24.4 Å². The average molecular weight is 224 g/mol. The zero-order valence-corrected chi connectivity index (χ0v) is 10.2. The number of aryl methyl sites for hydroxylation is 2. The van der Waals surface area contributed by atoms with Crippen molar-refractivity contribution < 1.29 is 9.26 Å². The van der Waals surface area contributed by atoms with Crippen LogP contribution in [0.25, 0.3) is 0 Å². The maximum absolute atomic E-state index is 5.35. The first-order chi connectivity index (χ1) is 7.70. The maximum Gasteiger partial charge on any atom is 0.138 e. The van der Waals surface area contributed by atoms with Gasteiger partial charge in [-0.3, -0.25) is 0 Å². The Morgan fingerprint density at radius 3 is 2.81 bits per heavy atom. The molecular formula is C12H20N2O2. The van der Waals surface area contributed by atoms with Crippen LogP contribution in [0.2, 0.25) is 0 Å². The summed E-state index contributed by atoms with van der Waals surface area (Å²) in [6, 6.07) is 0.568. The molecule has 1 heterocycles. The van der Waals surface area contributed by atoms with Crippen LogP contribution in [0.5, 0.6) is 0 Å². The summed E-state index contributed by atoms with van der Waals surface area (Å²) >= 11 is 0. The van der Waals surface area contributed by atoms with Crippen LogP contribution in [0.1, 0.15) is 36.3 Å². The fraction of sp³-hybridized carbons (Fsp3) is 0.750. The minimum absolute atomic E-state index is 0.433. The minimum atomic E-state index is 0.433. The fourth-order valence-corrected chi connectivity index (χ4v) is 2.34. The molecule has 0 radical (unpaired) electrons. The molecule has 2 rings (SSSR count). The molecule has 1 aliphatic rings. The molecule has 0 bridgehead atoms. The maximum atomic E-state index is 5.35. The molecule has 1 aromatic heterocycles. The predicted octanol–water partition coefficient (Wildman–Crippen LogP) is 1.95. The van der Waals surface area contributed by atoms with Gasteiger partial charge >= 0.3 is 0 Å². The molecule has 90 valence electrons. The van der Waals surface area contributed by atoms with Crippen molar-refractivity contribution in [3.8, 4) is 0 Å². The minimum Gasteiger partial charge on any atom is -0.381 e. The van der Waals surface area contributed by atoms with Crippen molar-refractivity contribution in [2.45, 2.75) is 51.8 Å². The second kappa shape index (κ2) is 4.97. The van der Waals surface area contributed by atoms with Crippen molar-refractivity contribution in [2.24, 2.45) is 0 Å². The first-order valence-corrected chi connectivity index (χ1v) is 5.88. The molecule has 1 N–H and O–H groups in total. The molecule has 1 fully saturated rings. The van der Waals surface area contributed by atoms with E-state index in [0.29, 0.717) is 12.1 Å². The quantitative estimate of drug-likeness (QED) is 0.849. The number of nitrogens with zero attached hydrogens (tertiary/aromatic N) is 1. The van der Waals surface area contributed by atoms with E-state index in [1.807, 2.05) is 13.8 Å². The van der Waals surface area contributed by atoms with Gasteiger partial charge in [0.05, 0.1) is 11.8 Å². The highest BCUT2D eigenvalue weighted by molar-refractivity contribution is 5.20. The molecular weight excluding hydrogens is 204 g/mol. The average Bonchev–Trinajstić information content (AvgIpc) is 2.85. The number of nitrogens with one attached hydrogen (secondary N) is 1. The summed E-state index contributed by atoms with van der Waals surface area (Å²) in [5.74, 6) is 0.922. The molecule has 16 heavy (non-hydrogen) atoms. The molecule has 1 aliphatic carbocycles. The van der Waals surface area contributed by atoms with Crippen molar-refractivity contribution in [3.63, 3.8) is 0 Å². The third kappa shape index (κ3) is 2.44. The van der Waals surface area contributed by atoms with Crippen LogP contribution in [0.15, 0.2) is 4.52 Å². The zero-order valence-electron chi connectivity index (χ0n) is 10.2. The second-order valence-corrected chi connectivity index (χ2v) is 4.55. The van der Waals surface area contributed by atoms with Crippen LogP contribution in [0.4, 0.5) is 0 Å². The van der Waals surface area contributed by atoms with Gasteiger partial charge in [-0.1, -0.05) is 5.16 Å². The molecule has 2 atom stereocenters. The van der Waals surface area contributed by atoms with Crippen molar-refractivity contribution in [3.05, 3.63) is 17.0 Å². The largest absolute Gasteiger partial charge is 0.381 e. The van der Waals surface area contributed by atoms with Gasteiger partial charge in [-0.2, -0.15) is 0 Å². The first kappa shape index (κ1) is 11.6. The summed E-state index contributed by atoms with van der Waals surface area (Å²) in [4.78, 5) is 0. The molecule has 0 amide bonds. The van der Waals surface area contributed by atoms with Gasteiger partial charge in [-0.25, -0.2) is 0 Å². The van der Waals surface area contributed by atoms with Gasteiger partial charge < -0.3 is 14.6 Å². The second-order valence-electron chi connectivity index (χ2n) is 4.55. The lowest BCUT2D eigenvalue weighted by Crippen LogP contribution is -2.27. The highest BCUT2D eigenvalue weighted by Gasteiger charge is 2.24. The van der Waals surface area contributed by atoms with Gasteiger partial charge in [0.2, 0.25) is 0 Å². The van der Waals surface area contributed by atoms with Gasteiger partial charge in [-0.15, -0.1) is 0 Å². The van der Waals surface area contributed by atoms with Crippen LogP contribution in [0.3, 0.4) is 0 Å². The van der Waals surface area contributed by atoms with E-state index in [-0.39, 0.29) is 0 Å². The van der Waals surface area contributed by atoms with Gasteiger partial charge in [0.1, 0.15) is 5.76 Å². The van der Waals surface area contributed by atoms with Gasteiger partial charge in [0, 0.05) is 25.3 Å². The third-order valence-corrected chi connectivity index (χ3v) is 3.47. The van der Waals surface area contributed by atoms with Crippen LogP contribution >= 0.6 is 0 Å². The van der Waals surface area contributed by atoms with Gasteiger partial charge in [0.25, 0.3) is 0 Å². The summed E-state index contributed by atoms with van der Waals surface area (Å²) in [5, 5.41) is 7.50. The fourth-order valence-electron chi connectivity index (χ4n) is 2.34. The molecule has 0 spiro atoms. The summed E-state index contributed by atoms with van der Waals surface area (Å²) in [5.41, 5.74) is 2.19. The lowest BCUT2D eigenvalue weighted by molar-refractivity contribution is 0.107. The molecule has 0 aliphatic heterocycles. The Morgan fingerprint density at radius 2 is 2.25 bits per heavy atom. The van der Waals surface area contributed by atoms with E-state index >= 15 is 0 Å². The predicted molar refractivity (Wildman–Crippen MR) is 61.3 cm³/mol. The summed E-state index contributed by atoms with van der Waals surface area (Å²) in [6.07, 6.45) is 3.90. The smallest absolute Gasteiger partial charge is 0.138 e. The highest BCUT2D eigenvalue weighted by Crippen LogP contribution is 2.22. The Kier molecular flexibility index (Phi) is 3.61. The molecule has 1 aromatic rings. The van der Waals surface area contributed by atoms with Crippen molar-refractivity contribution in [2.75, 3.05) is 7.11 Å².